The topological polar surface area (TPSA) is 200 Å². The molecule has 2 atom stereocenters. The number of unbranched alkanes of at least 4 members (excludes halogenated alkanes) is 15. The molecule has 15 nitrogen and oxygen atoms in total. The number of carbonyl (C=O) groups is 5. The summed E-state index contributed by atoms with van der Waals surface area (Å²) >= 11 is 0. The van der Waals surface area contributed by atoms with Gasteiger partial charge in [-0.3, -0.25) is 24.0 Å². The van der Waals surface area contributed by atoms with Crippen LogP contribution in [0.25, 0.3) is 0 Å². The summed E-state index contributed by atoms with van der Waals surface area (Å²) in [6, 6.07) is 17.4. The molecule has 2 aromatic rings. The van der Waals surface area contributed by atoms with E-state index in [9.17, 15) is 34.2 Å². The Bertz CT molecular complexity index is 2320. The molecule has 2 N–H and O–H groups in total. The van der Waals surface area contributed by atoms with E-state index in [1.54, 1.807) is 18.2 Å². The molecule has 2 fully saturated rings. The van der Waals surface area contributed by atoms with Crippen LogP contribution in [0.15, 0.2) is 72.5 Å². The van der Waals surface area contributed by atoms with Crippen LogP contribution < -0.4 is 9.47 Å². The lowest BCUT2D eigenvalue weighted by Crippen LogP contribution is -2.43. The number of carboxylic acids is 1. The number of aliphatic hydroxyl groups is 1. The molecule has 506 valence electrons. The van der Waals surface area contributed by atoms with E-state index in [4.69, 9.17) is 37.9 Å². The largest absolute Gasteiger partial charge is 0.494 e. The third-order valence-corrected chi connectivity index (χ3v) is 18.4. The van der Waals surface area contributed by atoms with Crippen LogP contribution in [0.4, 0.5) is 0 Å². The number of hydrogen-bond donors (Lipinski definition) is 2. The fourth-order valence-corrected chi connectivity index (χ4v) is 12.9. The zero-order chi connectivity index (χ0) is 64.1. The molecule has 15 heteroatoms. The van der Waals surface area contributed by atoms with Gasteiger partial charge in [0, 0.05) is 13.2 Å². The fourth-order valence-electron chi connectivity index (χ4n) is 12.9. The Hall–Kier alpha value is -5.41. The average molecular weight is 1260 g/mol. The molecule has 0 bridgehead atoms. The molecule has 0 aromatic heterocycles. The highest BCUT2D eigenvalue weighted by Crippen LogP contribution is 2.41. The SMILES string of the molecule is CCC[C@H]1CC[C@H](c2ccc(OCCCCCCOC(=O)CCC(=O)OCCCCCCOC3=CC(CCCCCCO)(C(=O)O)C(OCCCCCCOC(=O)CCC(=O)OCCCCCCOc4ccc([C@H]5CC[C@H](CCC)CC5)cc4)C=C3)cc2)CC1. The molecule has 2 aromatic carbocycles. The molecule has 0 radical (unpaired) electrons. The van der Waals surface area contributed by atoms with Crippen molar-refractivity contribution in [3.8, 4) is 11.5 Å². The Morgan fingerprint density at radius 1 is 0.433 bits per heavy atom. The minimum absolute atomic E-state index is 0.00520. The van der Waals surface area contributed by atoms with Crippen molar-refractivity contribution < 1.29 is 72.1 Å². The van der Waals surface area contributed by atoms with Crippen LogP contribution in [-0.2, 0) is 52.4 Å². The first-order valence-electron chi connectivity index (χ1n) is 35.6. The number of rotatable bonds is 51. The van der Waals surface area contributed by atoms with Crippen LogP contribution >= 0.6 is 0 Å². The van der Waals surface area contributed by atoms with Gasteiger partial charge in [-0.05, 0) is 232 Å². The van der Waals surface area contributed by atoms with Gasteiger partial charge in [0.2, 0.25) is 0 Å². The molecule has 2 unspecified atom stereocenters. The van der Waals surface area contributed by atoms with Gasteiger partial charge in [-0.2, -0.15) is 0 Å². The van der Waals surface area contributed by atoms with Gasteiger partial charge in [0.25, 0.3) is 0 Å². The van der Waals surface area contributed by atoms with Crippen molar-refractivity contribution in [2.75, 3.05) is 59.5 Å². The Labute approximate surface area is 540 Å². The molecular weight excluding hydrogens is 1140 g/mol. The van der Waals surface area contributed by atoms with E-state index < -0.39 is 41.4 Å². The number of carboxylic acid groups (broad SMARTS) is 1. The van der Waals surface area contributed by atoms with Crippen LogP contribution in [-0.4, -0.2) is 106 Å². The van der Waals surface area contributed by atoms with Crippen molar-refractivity contribution in [3.63, 3.8) is 0 Å². The monoisotopic (exact) mass is 1260 g/mol. The zero-order valence-corrected chi connectivity index (χ0v) is 55.5. The van der Waals surface area contributed by atoms with Crippen molar-refractivity contribution in [1.82, 2.24) is 0 Å². The Kier molecular flexibility index (Phi) is 39.0. The summed E-state index contributed by atoms with van der Waals surface area (Å²) in [6.45, 7) is 7.94. The number of benzene rings is 2. The Balaban J connectivity index is 0.820. The van der Waals surface area contributed by atoms with Gasteiger partial charge >= 0.3 is 29.8 Å². The summed E-state index contributed by atoms with van der Waals surface area (Å²) in [7, 11) is 0. The summed E-state index contributed by atoms with van der Waals surface area (Å²) in [6.07, 6.45) is 36.9. The quantitative estimate of drug-likeness (QED) is 0.0360. The molecule has 0 saturated heterocycles. The molecule has 0 amide bonds. The maximum Gasteiger partial charge on any atom is 0.316 e. The van der Waals surface area contributed by atoms with Crippen molar-refractivity contribution in [1.29, 1.82) is 0 Å². The predicted molar refractivity (Wildman–Crippen MR) is 352 cm³/mol. The van der Waals surface area contributed by atoms with Gasteiger partial charge in [-0.15, -0.1) is 0 Å². The number of allylic oxidation sites excluding steroid dienone is 1. The second kappa shape index (κ2) is 46.6. The van der Waals surface area contributed by atoms with Gasteiger partial charge in [0.05, 0.1) is 78.0 Å². The van der Waals surface area contributed by atoms with E-state index in [1.165, 1.54) is 88.2 Å². The average Bonchev–Trinajstić information content (AvgIpc) is 1.13. The number of ether oxygens (including phenoxy) is 8. The first kappa shape index (κ1) is 75.3. The number of esters is 4. The third kappa shape index (κ3) is 31.3. The number of aliphatic carboxylic acids is 1. The van der Waals surface area contributed by atoms with Crippen LogP contribution in [0.1, 0.15) is 274 Å². The van der Waals surface area contributed by atoms with Gasteiger partial charge in [-0.25, -0.2) is 0 Å². The smallest absolute Gasteiger partial charge is 0.316 e. The lowest BCUT2D eigenvalue weighted by molar-refractivity contribution is -0.154. The van der Waals surface area contributed by atoms with E-state index in [0.29, 0.717) is 95.8 Å². The van der Waals surface area contributed by atoms with E-state index in [-0.39, 0.29) is 45.5 Å². The van der Waals surface area contributed by atoms with Crippen LogP contribution in [0.5, 0.6) is 11.5 Å². The van der Waals surface area contributed by atoms with E-state index >= 15 is 0 Å². The lowest BCUT2D eigenvalue weighted by atomic mass is 9.74. The Morgan fingerprint density at radius 3 is 1.17 bits per heavy atom. The summed E-state index contributed by atoms with van der Waals surface area (Å²) in [5, 5.41) is 20.0. The highest BCUT2D eigenvalue weighted by atomic mass is 16.5. The van der Waals surface area contributed by atoms with Crippen LogP contribution in [0.3, 0.4) is 0 Å². The normalized spacial score (nSPS) is 19.8. The summed E-state index contributed by atoms with van der Waals surface area (Å²) in [5.41, 5.74) is 1.56. The van der Waals surface area contributed by atoms with Gasteiger partial charge in [0.1, 0.15) is 22.7 Å². The summed E-state index contributed by atoms with van der Waals surface area (Å²) in [5.74, 6) is 2.90. The summed E-state index contributed by atoms with van der Waals surface area (Å²) in [4.78, 5) is 62.2. The van der Waals surface area contributed by atoms with E-state index in [0.717, 1.165) is 120 Å². The first-order valence-corrected chi connectivity index (χ1v) is 35.6. The number of carbonyl (C=O) groups excluding carboxylic acids is 4. The molecular formula is C75H116O15. The molecule has 3 aliphatic rings. The van der Waals surface area contributed by atoms with Gasteiger partial charge in [0.15, 0.2) is 0 Å². The highest BCUT2D eigenvalue weighted by molar-refractivity contribution is 5.79. The predicted octanol–water partition coefficient (Wildman–Crippen LogP) is 17.1. The van der Waals surface area contributed by atoms with E-state index in [2.05, 4.69) is 62.4 Å². The zero-order valence-electron chi connectivity index (χ0n) is 55.5. The van der Waals surface area contributed by atoms with Crippen LogP contribution in [0, 0.1) is 17.3 Å². The maximum atomic E-state index is 13.1. The maximum absolute atomic E-state index is 13.1. The van der Waals surface area contributed by atoms with Gasteiger partial charge < -0.3 is 48.1 Å². The lowest BCUT2D eigenvalue weighted by Gasteiger charge is -2.36. The molecule has 5 rings (SSSR count). The molecule has 2 saturated carbocycles. The second-order valence-corrected chi connectivity index (χ2v) is 25.7. The van der Waals surface area contributed by atoms with Crippen molar-refractivity contribution in [3.05, 3.63) is 83.6 Å². The van der Waals surface area contributed by atoms with Crippen LogP contribution in [0.2, 0.25) is 0 Å². The van der Waals surface area contributed by atoms with Crippen molar-refractivity contribution in [2.24, 2.45) is 17.3 Å². The summed E-state index contributed by atoms with van der Waals surface area (Å²) < 4.78 is 45.7. The number of aliphatic hydroxyl groups excluding tert-OH is 1. The fraction of sp³-hybridized carbons (Fsp3) is 0.720. The third-order valence-electron chi connectivity index (χ3n) is 18.4. The minimum atomic E-state index is -1.31. The van der Waals surface area contributed by atoms with Crippen molar-refractivity contribution in [2.45, 2.75) is 269 Å². The molecule has 0 heterocycles. The standard InChI is InChI=1S/C75H116O15/c1-3-25-60-27-31-62(32-28-60)64-35-39-66(40-36-64)83-51-17-7-11-21-55-87-70(77)45-46-72(79)89-57-23-13-9-19-53-85-68-43-44-69(75(59-68,74(81)82)49-15-5-6-16-50-76)86-54-20-10-14-24-58-90-73(80)48-47-71(78)88-56-22-12-8-18-52-84-67-41-37-65(38-42-67)63-33-29-61(26-4-2)30-34-63/h35-44,59-63,69,76H,3-34,45-58H2,1-2H3,(H,81,82)/t60-,61-,62-,63-,69?,75?. The number of hydrogen-bond acceptors (Lipinski definition) is 14. The second-order valence-electron chi connectivity index (χ2n) is 25.7. The first-order chi connectivity index (χ1) is 44.0. The van der Waals surface area contributed by atoms with Gasteiger partial charge in [-0.1, -0.05) is 95.6 Å². The minimum Gasteiger partial charge on any atom is -0.494 e. The molecule has 3 aliphatic carbocycles. The van der Waals surface area contributed by atoms with Crippen molar-refractivity contribution >= 4 is 29.8 Å². The molecule has 90 heavy (non-hydrogen) atoms. The Morgan fingerprint density at radius 2 is 0.789 bits per heavy atom. The molecule has 0 spiro atoms. The van der Waals surface area contributed by atoms with E-state index in [1.807, 2.05) is 0 Å². The molecule has 0 aliphatic heterocycles. The highest BCUT2D eigenvalue weighted by Gasteiger charge is 2.46.